The fourth-order valence-corrected chi connectivity index (χ4v) is 4.37. The van der Waals surface area contributed by atoms with Gasteiger partial charge >= 0.3 is 0 Å². The number of para-hydroxylation sites is 1. The van der Waals surface area contributed by atoms with Crippen LogP contribution in [0.4, 0.5) is 0 Å². The summed E-state index contributed by atoms with van der Waals surface area (Å²) in [6.45, 7) is 7.88. The zero-order valence-electron chi connectivity index (χ0n) is 17.0. The second-order valence-electron chi connectivity index (χ2n) is 7.49. The first-order valence-corrected chi connectivity index (χ1v) is 9.81. The van der Waals surface area contributed by atoms with Crippen LogP contribution in [0.1, 0.15) is 40.1 Å². The van der Waals surface area contributed by atoms with Gasteiger partial charge in [-0.1, -0.05) is 42.5 Å². The smallest absolute Gasteiger partial charge is 0.255 e. The summed E-state index contributed by atoms with van der Waals surface area (Å²) >= 11 is 0. The van der Waals surface area contributed by atoms with Crippen LogP contribution in [0.3, 0.4) is 0 Å². The maximum absolute atomic E-state index is 13.4. The molecule has 4 rings (SSSR count). The van der Waals surface area contributed by atoms with Gasteiger partial charge in [-0.25, -0.2) is 0 Å². The maximum atomic E-state index is 13.4. The normalized spacial score (nSPS) is 16.7. The number of fused-ring (bicyclic) bond motifs is 2. The Morgan fingerprint density at radius 1 is 1.21 bits per heavy atom. The van der Waals surface area contributed by atoms with Crippen molar-refractivity contribution in [2.75, 3.05) is 6.54 Å². The lowest BCUT2D eigenvalue weighted by atomic mass is 9.95. The molecule has 29 heavy (non-hydrogen) atoms. The zero-order valence-corrected chi connectivity index (χ0v) is 17.0. The fourth-order valence-electron chi connectivity index (χ4n) is 4.37. The zero-order chi connectivity index (χ0) is 20.7. The minimum atomic E-state index is -0.613. The molecule has 2 heterocycles. The van der Waals surface area contributed by atoms with Crippen LogP contribution < -0.4 is 5.32 Å². The fraction of sp³-hybridized carbons (Fsp3) is 0.250. The average molecular weight is 387 g/mol. The number of aryl methyl sites for hydroxylation is 1. The Bertz CT molecular complexity index is 1130. The second-order valence-corrected chi connectivity index (χ2v) is 7.49. The number of hydrogen-bond acceptors (Lipinski definition) is 2. The molecule has 0 spiro atoms. The van der Waals surface area contributed by atoms with Crippen LogP contribution in [0.5, 0.6) is 0 Å². The molecule has 0 saturated heterocycles. The minimum Gasteiger partial charge on any atom is -0.351 e. The SMILES string of the molecule is C=CCNC(=O)C(C)N1C(=O)c2ccccc2C1c1c(C)n(C)c2ccccc12. The van der Waals surface area contributed by atoms with Gasteiger partial charge in [-0.05, 0) is 31.5 Å². The van der Waals surface area contributed by atoms with Crippen LogP contribution in [0.2, 0.25) is 0 Å². The number of benzene rings is 2. The highest BCUT2D eigenvalue weighted by atomic mass is 16.2. The molecule has 1 N–H and O–H groups in total. The van der Waals surface area contributed by atoms with E-state index in [1.54, 1.807) is 17.9 Å². The predicted octanol–water partition coefficient (Wildman–Crippen LogP) is 3.72. The molecule has 0 saturated carbocycles. The first-order chi connectivity index (χ1) is 14.0. The van der Waals surface area contributed by atoms with E-state index in [1.807, 2.05) is 43.4 Å². The Labute approximate surface area is 170 Å². The predicted molar refractivity (Wildman–Crippen MR) is 115 cm³/mol. The van der Waals surface area contributed by atoms with Gasteiger partial charge in [0.15, 0.2) is 0 Å². The monoisotopic (exact) mass is 387 g/mol. The van der Waals surface area contributed by atoms with Crippen molar-refractivity contribution >= 4 is 22.7 Å². The van der Waals surface area contributed by atoms with Gasteiger partial charge in [-0.15, -0.1) is 6.58 Å². The van der Waals surface area contributed by atoms with Crippen LogP contribution in [0.15, 0.2) is 61.2 Å². The van der Waals surface area contributed by atoms with E-state index in [9.17, 15) is 9.59 Å². The molecule has 1 aliphatic rings. The highest BCUT2D eigenvalue weighted by molar-refractivity contribution is 6.03. The number of nitrogens with zero attached hydrogens (tertiary/aromatic N) is 2. The summed E-state index contributed by atoms with van der Waals surface area (Å²) < 4.78 is 2.15. The summed E-state index contributed by atoms with van der Waals surface area (Å²) in [6.07, 6.45) is 1.64. The van der Waals surface area contributed by atoms with Crippen LogP contribution in [0.25, 0.3) is 10.9 Å². The first kappa shape index (κ1) is 19.0. The molecule has 2 amide bonds. The summed E-state index contributed by atoms with van der Waals surface area (Å²) in [6, 6.07) is 14.9. The average Bonchev–Trinajstić information content (AvgIpc) is 3.17. The summed E-state index contributed by atoms with van der Waals surface area (Å²) in [5.74, 6) is -0.298. The van der Waals surface area contributed by atoms with Gasteiger partial charge < -0.3 is 14.8 Å². The Hall–Kier alpha value is -3.34. The molecular weight excluding hydrogens is 362 g/mol. The molecule has 148 valence electrons. The van der Waals surface area contributed by atoms with E-state index in [-0.39, 0.29) is 17.9 Å². The molecule has 0 radical (unpaired) electrons. The molecule has 1 aliphatic heterocycles. The molecule has 2 atom stereocenters. The van der Waals surface area contributed by atoms with Gasteiger partial charge in [0.05, 0.1) is 6.04 Å². The molecule has 3 aromatic rings. The topological polar surface area (TPSA) is 54.3 Å². The van der Waals surface area contributed by atoms with E-state index in [0.717, 1.165) is 27.7 Å². The van der Waals surface area contributed by atoms with Crippen molar-refractivity contribution in [1.29, 1.82) is 0 Å². The highest BCUT2D eigenvalue weighted by Gasteiger charge is 2.43. The van der Waals surface area contributed by atoms with E-state index in [1.165, 1.54) is 0 Å². The summed E-state index contributed by atoms with van der Waals surface area (Å²) in [5.41, 5.74) is 4.88. The molecule has 2 aromatic carbocycles. The van der Waals surface area contributed by atoms with Gasteiger partial charge in [0.2, 0.25) is 5.91 Å². The molecule has 0 bridgehead atoms. The number of carbonyl (C=O) groups excluding carboxylic acids is 2. The van der Waals surface area contributed by atoms with Crippen LogP contribution in [-0.4, -0.2) is 33.9 Å². The molecule has 0 aliphatic carbocycles. The molecule has 2 unspecified atom stereocenters. The van der Waals surface area contributed by atoms with Crippen LogP contribution in [-0.2, 0) is 11.8 Å². The van der Waals surface area contributed by atoms with Crippen molar-refractivity contribution in [1.82, 2.24) is 14.8 Å². The van der Waals surface area contributed by atoms with E-state index in [2.05, 4.69) is 35.5 Å². The number of amides is 2. The summed E-state index contributed by atoms with van der Waals surface area (Å²) in [7, 11) is 2.04. The molecule has 1 aromatic heterocycles. The molecule has 5 heteroatoms. The van der Waals surface area contributed by atoms with Crippen molar-refractivity contribution in [3.63, 3.8) is 0 Å². The third-order valence-electron chi connectivity index (χ3n) is 5.94. The standard InChI is InChI=1S/C24H25N3O2/c1-5-14-25-23(28)16(3)27-22(17-10-6-7-11-18(17)24(27)29)21-15(2)26(4)20-13-9-8-12-19(20)21/h5-13,16,22H,1,14H2,2-4H3,(H,25,28). The number of aromatic nitrogens is 1. The summed E-state index contributed by atoms with van der Waals surface area (Å²) in [5, 5.41) is 3.93. The third kappa shape index (κ3) is 2.85. The Balaban J connectivity index is 1.91. The lowest BCUT2D eigenvalue weighted by molar-refractivity contribution is -0.125. The van der Waals surface area contributed by atoms with E-state index in [0.29, 0.717) is 12.1 Å². The van der Waals surface area contributed by atoms with Crippen molar-refractivity contribution in [2.24, 2.45) is 7.05 Å². The van der Waals surface area contributed by atoms with Crippen molar-refractivity contribution in [2.45, 2.75) is 25.9 Å². The van der Waals surface area contributed by atoms with E-state index < -0.39 is 6.04 Å². The summed E-state index contributed by atoms with van der Waals surface area (Å²) in [4.78, 5) is 27.9. The van der Waals surface area contributed by atoms with Crippen LogP contribution in [0, 0.1) is 6.92 Å². The molecule has 0 fully saturated rings. The lowest BCUT2D eigenvalue weighted by Gasteiger charge is -2.31. The highest BCUT2D eigenvalue weighted by Crippen LogP contribution is 2.44. The lowest BCUT2D eigenvalue weighted by Crippen LogP contribution is -2.47. The van der Waals surface area contributed by atoms with Gasteiger partial charge in [0.1, 0.15) is 6.04 Å². The second kappa shape index (κ2) is 7.24. The van der Waals surface area contributed by atoms with Gasteiger partial charge in [-0.2, -0.15) is 0 Å². The Kier molecular flexibility index (Phi) is 4.74. The van der Waals surface area contributed by atoms with Crippen molar-refractivity contribution in [3.05, 3.63) is 83.6 Å². The Morgan fingerprint density at radius 2 is 1.90 bits per heavy atom. The number of hydrogen-bond donors (Lipinski definition) is 1. The third-order valence-corrected chi connectivity index (χ3v) is 5.94. The van der Waals surface area contributed by atoms with Gasteiger partial charge in [0.25, 0.3) is 5.91 Å². The first-order valence-electron chi connectivity index (χ1n) is 9.81. The van der Waals surface area contributed by atoms with Gasteiger partial charge in [0, 0.05) is 41.3 Å². The van der Waals surface area contributed by atoms with Gasteiger partial charge in [-0.3, -0.25) is 9.59 Å². The van der Waals surface area contributed by atoms with Crippen LogP contribution >= 0.6 is 0 Å². The van der Waals surface area contributed by atoms with E-state index in [4.69, 9.17) is 0 Å². The minimum absolute atomic E-state index is 0.112. The number of carbonyl (C=O) groups is 2. The number of nitrogens with one attached hydrogen (secondary N) is 1. The largest absolute Gasteiger partial charge is 0.351 e. The number of rotatable bonds is 5. The molecule has 5 nitrogen and oxygen atoms in total. The van der Waals surface area contributed by atoms with E-state index >= 15 is 0 Å². The Morgan fingerprint density at radius 3 is 2.66 bits per heavy atom. The van der Waals surface area contributed by atoms with Crippen molar-refractivity contribution < 1.29 is 9.59 Å². The maximum Gasteiger partial charge on any atom is 0.255 e. The molecular formula is C24H25N3O2. The van der Waals surface area contributed by atoms with Crippen molar-refractivity contribution in [3.8, 4) is 0 Å². The quantitative estimate of drug-likeness (QED) is 0.679.